The number of carbonyl (C=O) groups excluding carboxylic acids is 1. The maximum absolute atomic E-state index is 12.7. The summed E-state index contributed by atoms with van der Waals surface area (Å²) >= 11 is 0. The van der Waals surface area contributed by atoms with Crippen molar-refractivity contribution in [1.82, 2.24) is 9.55 Å². The molecule has 0 bridgehead atoms. The molecule has 0 amide bonds. The van der Waals surface area contributed by atoms with Gasteiger partial charge in [-0.05, 0) is 15.4 Å². The Morgan fingerprint density at radius 1 is 1.04 bits per heavy atom. The van der Waals surface area contributed by atoms with E-state index in [2.05, 4.69) is 74.3 Å². The molecule has 0 saturated carbocycles. The third-order valence-corrected chi connectivity index (χ3v) is 10.2. The molecule has 0 unspecified atom stereocenters. The van der Waals surface area contributed by atoms with Crippen LogP contribution in [0.4, 0.5) is 0 Å². The van der Waals surface area contributed by atoms with Gasteiger partial charge in [-0.25, -0.2) is 4.98 Å². The summed E-state index contributed by atoms with van der Waals surface area (Å²) in [5.41, 5.74) is 0. The third-order valence-electron chi connectivity index (χ3n) is 5.15. The van der Waals surface area contributed by atoms with Gasteiger partial charge in [0.2, 0.25) is 5.91 Å². The zero-order chi connectivity index (χ0) is 20.2. The molecule has 1 aromatic heterocycles. The Balaban J connectivity index is 2.00. The molecule has 1 atom stereocenters. The predicted molar refractivity (Wildman–Crippen MR) is 116 cm³/mol. The molecule has 0 radical (unpaired) electrons. The van der Waals surface area contributed by atoms with E-state index in [-0.39, 0.29) is 16.9 Å². The molecule has 0 saturated heterocycles. The Hall–Kier alpha value is -2.50. The molecule has 0 aliphatic rings. The molecule has 0 aliphatic heterocycles. The molecule has 28 heavy (non-hydrogen) atoms. The number of nitrogens with zero attached hydrogens (tertiary/aromatic N) is 2. The highest BCUT2D eigenvalue weighted by Gasteiger charge is 2.50. The first kappa shape index (κ1) is 20.2. The van der Waals surface area contributed by atoms with Gasteiger partial charge in [0.15, 0.2) is 0 Å². The largest absolute Gasteiger partial charge is 0.407 e. The second-order valence-corrected chi connectivity index (χ2v) is 12.5. The van der Waals surface area contributed by atoms with Crippen molar-refractivity contribution < 1.29 is 9.22 Å². The molecule has 5 heteroatoms. The maximum atomic E-state index is 12.7. The van der Waals surface area contributed by atoms with Crippen LogP contribution in [-0.4, -0.2) is 30.4 Å². The zero-order valence-corrected chi connectivity index (χ0v) is 18.0. The Labute approximate surface area is 168 Å². The van der Waals surface area contributed by atoms with E-state index < -0.39 is 8.32 Å². The van der Waals surface area contributed by atoms with Gasteiger partial charge in [0.05, 0.1) is 5.92 Å². The van der Waals surface area contributed by atoms with Crippen molar-refractivity contribution in [3.8, 4) is 0 Å². The van der Waals surface area contributed by atoms with Gasteiger partial charge in [-0.1, -0.05) is 88.4 Å². The second-order valence-electron chi connectivity index (χ2n) is 8.18. The summed E-state index contributed by atoms with van der Waals surface area (Å²) in [5, 5.41) is 2.33. The van der Waals surface area contributed by atoms with E-state index in [9.17, 15) is 4.79 Å². The van der Waals surface area contributed by atoms with Crippen molar-refractivity contribution in [3.63, 3.8) is 0 Å². The lowest BCUT2D eigenvalue weighted by atomic mass is 10.2. The van der Waals surface area contributed by atoms with Gasteiger partial charge in [0, 0.05) is 19.0 Å². The summed E-state index contributed by atoms with van der Waals surface area (Å²) in [6, 6.07) is 21.0. The monoisotopic (exact) mass is 392 g/mol. The minimum absolute atomic E-state index is 0.00423. The number of rotatable bonds is 6. The van der Waals surface area contributed by atoms with E-state index in [1.165, 1.54) is 14.9 Å². The lowest BCUT2D eigenvalue weighted by Gasteiger charge is -2.43. The Bertz CT molecular complexity index is 848. The molecular weight excluding hydrogens is 364 g/mol. The number of aromatic nitrogens is 2. The van der Waals surface area contributed by atoms with Gasteiger partial charge in [-0.3, -0.25) is 9.36 Å². The summed E-state index contributed by atoms with van der Waals surface area (Å²) in [4.78, 5) is 16.7. The molecule has 0 aliphatic carbocycles. The van der Waals surface area contributed by atoms with Crippen LogP contribution in [0.15, 0.2) is 79.4 Å². The molecular formula is C23H28N2O2Si. The van der Waals surface area contributed by atoms with Gasteiger partial charge in [0.1, 0.15) is 6.33 Å². The van der Waals surface area contributed by atoms with E-state index in [4.69, 9.17) is 4.43 Å². The van der Waals surface area contributed by atoms with Crippen molar-refractivity contribution in [2.45, 2.75) is 32.7 Å². The van der Waals surface area contributed by atoms with Crippen LogP contribution >= 0.6 is 0 Å². The summed E-state index contributed by atoms with van der Waals surface area (Å²) < 4.78 is 8.36. The quantitative estimate of drug-likeness (QED) is 0.600. The first-order valence-corrected chi connectivity index (χ1v) is 11.5. The minimum Gasteiger partial charge on any atom is -0.407 e. The first-order chi connectivity index (χ1) is 13.4. The molecule has 0 fully saturated rings. The molecule has 0 spiro atoms. The Morgan fingerprint density at radius 2 is 1.57 bits per heavy atom. The molecule has 3 aromatic rings. The third kappa shape index (κ3) is 3.86. The molecule has 3 rings (SSSR count). The molecule has 2 aromatic carbocycles. The van der Waals surface area contributed by atoms with Gasteiger partial charge in [-0.2, -0.15) is 0 Å². The van der Waals surface area contributed by atoms with E-state index in [1.807, 2.05) is 19.1 Å². The molecule has 4 nitrogen and oxygen atoms in total. The van der Waals surface area contributed by atoms with Crippen molar-refractivity contribution in [3.05, 3.63) is 79.4 Å². The van der Waals surface area contributed by atoms with Crippen LogP contribution in [-0.2, 0) is 4.43 Å². The highest BCUT2D eigenvalue weighted by atomic mass is 28.4. The molecule has 1 heterocycles. The standard InChI is InChI=1S/C23H28N2O2Si/c1-19(22(26)25-16-15-24-18-25)17-27-28(23(2,3)4,20-11-7-5-8-12-20)21-13-9-6-10-14-21/h5-16,18-19H,17H2,1-4H3/t19-/m1/s1. The Morgan fingerprint density at radius 3 is 2.00 bits per heavy atom. The van der Waals surface area contributed by atoms with E-state index >= 15 is 0 Å². The Kier molecular flexibility index (Phi) is 5.96. The predicted octanol–water partition coefficient (Wildman–Crippen LogP) is 3.74. The zero-order valence-electron chi connectivity index (χ0n) is 17.0. The van der Waals surface area contributed by atoms with Crippen LogP contribution in [0.5, 0.6) is 0 Å². The lowest BCUT2D eigenvalue weighted by Crippen LogP contribution is -2.67. The smallest absolute Gasteiger partial charge is 0.261 e. The first-order valence-electron chi connectivity index (χ1n) is 9.63. The fraction of sp³-hybridized carbons (Fsp3) is 0.304. The fourth-order valence-electron chi connectivity index (χ4n) is 3.73. The van der Waals surface area contributed by atoms with Crippen LogP contribution in [0, 0.1) is 5.92 Å². The highest BCUT2D eigenvalue weighted by Crippen LogP contribution is 2.37. The van der Waals surface area contributed by atoms with Gasteiger partial charge in [0.25, 0.3) is 8.32 Å². The summed E-state index contributed by atoms with van der Waals surface area (Å²) in [5.74, 6) is -0.272. The van der Waals surface area contributed by atoms with E-state index in [0.717, 1.165) is 0 Å². The van der Waals surface area contributed by atoms with Crippen LogP contribution < -0.4 is 10.4 Å². The summed E-state index contributed by atoms with van der Waals surface area (Å²) in [6.45, 7) is 9.00. The summed E-state index contributed by atoms with van der Waals surface area (Å²) in [7, 11) is -2.62. The number of hydrogen-bond acceptors (Lipinski definition) is 3. The average molecular weight is 393 g/mol. The number of hydrogen-bond donors (Lipinski definition) is 0. The minimum atomic E-state index is -2.62. The fourth-order valence-corrected chi connectivity index (χ4v) is 8.38. The topological polar surface area (TPSA) is 44.1 Å². The normalized spacial score (nSPS) is 13.3. The van der Waals surface area contributed by atoms with Crippen LogP contribution in [0.1, 0.15) is 32.5 Å². The van der Waals surface area contributed by atoms with Crippen molar-refractivity contribution >= 4 is 24.6 Å². The van der Waals surface area contributed by atoms with Crippen molar-refractivity contribution in [2.24, 2.45) is 5.92 Å². The van der Waals surface area contributed by atoms with Gasteiger partial charge in [-0.15, -0.1) is 0 Å². The van der Waals surface area contributed by atoms with Gasteiger partial charge >= 0.3 is 0 Å². The van der Waals surface area contributed by atoms with E-state index in [1.54, 1.807) is 18.7 Å². The highest BCUT2D eigenvalue weighted by molar-refractivity contribution is 6.99. The SMILES string of the molecule is C[C@H](CO[Si](c1ccccc1)(c1ccccc1)C(C)(C)C)C(=O)n1ccnc1. The van der Waals surface area contributed by atoms with Crippen LogP contribution in [0.25, 0.3) is 0 Å². The number of carbonyl (C=O) groups is 1. The lowest BCUT2D eigenvalue weighted by molar-refractivity contribution is 0.0797. The number of benzene rings is 2. The van der Waals surface area contributed by atoms with Crippen LogP contribution in [0.3, 0.4) is 0 Å². The number of imidazole rings is 1. The van der Waals surface area contributed by atoms with E-state index in [0.29, 0.717) is 6.61 Å². The molecule has 0 N–H and O–H groups in total. The average Bonchev–Trinajstić information content (AvgIpc) is 3.23. The van der Waals surface area contributed by atoms with Gasteiger partial charge < -0.3 is 4.43 Å². The van der Waals surface area contributed by atoms with Crippen molar-refractivity contribution in [1.29, 1.82) is 0 Å². The maximum Gasteiger partial charge on any atom is 0.261 e. The van der Waals surface area contributed by atoms with Crippen molar-refractivity contribution in [2.75, 3.05) is 6.61 Å². The summed E-state index contributed by atoms with van der Waals surface area (Å²) in [6.07, 6.45) is 4.84. The van der Waals surface area contributed by atoms with Crippen LogP contribution in [0.2, 0.25) is 5.04 Å². The molecule has 146 valence electrons. The second kappa shape index (κ2) is 8.25.